The van der Waals surface area contributed by atoms with Crippen LogP contribution in [0.5, 0.6) is 0 Å². The van der Waals surface area contributed by atoms with Crippen LogP contribution in [0.25, 0.3) is 10.9 Å². The van der Waals surface area contributed by atoms with Crippen molar-refractivity contribution in [2.24, 2.45) is 11.7 Å². The van der Waals surface area contributed by atoms with Gasteiger partial charge in [0.05, 0.1) is 17.2 Å². The number of benzene rings is 1. The first-order chi connectivity index (χ1) is 9.00. The maximum absolute atomic E-state index is 12.0. The lowest BCUT2D eigenvalue weighted by Gasteiger charge is -2.16. The van der Waals surface area contributed by atoms with Crippen LogP contribution in [0.3, 0.4) is 0 Å². The number of amides is 1. The molecule has 0 radical (unpaired) electrons. The molecule has 1 aromatic heterocycles. The van der Waals surface area contributed by atoms with E-state index in [1.807, 2.05) is 45.0 Å². The van der Waals surface area contributed by atoms with Gasteiger partial charge >= 0.3 is 0 Å². The van der Waals surface area contributed by atoms with Gasteiger partial charge in [0.15, 0.2) is 0 Å². The number of rotatable bonds is 3. The molecule has 0 spiro atoms. The Hall–Kier alpha value is -1.36. The number of aryl methyl sites for hydroxylation is 1. The lowest BCUT2D eigenvalue weighted by Crippen LogP contribution is -2.39. The fraction of sp³-hybridized carbons (Fsp3) is 0.333. The highest BCUT2D eigenvalue weighted by Crippen LogP contribution is 2.24. The second-order valence-corrected chi connectivity index (χ2v) is 5.09. The van der Waals surface area contributed by atoms with Gasteiger partial charge in [-0.15, -0.1) is 24.8 Å². The van der Waals surface area contributed by atoms with Crippen LogP contribution in [0.2, 0.25) is 0 Å². The van der Waals surface area contributed by atoms with Crippen molar-refractivity contribution in [2.45, 2.75) is 26.8 Å². The molecular formula is C15H21Cl2N3O. The topological polar surface area (TPSA) is 68.0 Å². The molecule has 3 N–H and O–H groups in total. The number of nitrogens with zero attached hydrogens (tertiary/aromatic N) is 1. The molecule has 0 saturated heterocycles. The highest BCUT2D eigenvalue weighted by atomic mass is 35.5. The minimum Gasteiger partial charge on any atom is -0.324 e. The van der Waals surface area contributed by atoms with Crippen molar-refractivity contribution in [1.29, 1.82) is 0 Å². The van der Waals surface area contributed by atoms with Crippen LogP contribution in [0.4, 0.5) is 5.69 Å². The Kier molecular flexibility index (Phi) is 7.64. The molecule has 1 heterocycles. The number of hydrogen-bond donors (Lipinski definition) is 2. The first kappa shape index (κ1) is 19.6. The fourth-order valence-electron chi connectivity index (χ4n) is 1.94. The van der Waals surface area contributed by atoms with Crippen LogP contribution < -0.4 is 11.1 Å². The maximum atomic E-state index is 12.0. The van der Waals surface area contributed by atoms with E-state index in [9.17, 15) is 4.79 Å². The summed E-state index contributed by atoms with van der Waals surface area (Å²) in [5.41, 5.74) is 8.60. The summed E-state index contributed by atoms with van der Waals surface area (Å²) in [5.74, 6) is -0.0566. The van der Waals surface area contributed by atoms with E-state index < -0.39 is 6.04 Å². The van der Waals surface area contributed by atoms with Gasteiger partial charge in [-0.1, -0.05) is 19.9 Å². The number of anilines is 1. The van der Waals surface area contributed by atoms with Crippen LogP contribution in [0.1, 0.15) is 19.4 Å². The lowest BCUT2D eigenvalue weighted by molar-refractivity contribution is -0.118. The number of carbonyl (C=O) groups is 1. The number of aromatic nitrogens is 1. The average Bonchev–Trinajstić information content (AvgIpc) is 2.41. The Bertz CT molecular complexity index is 617. The first-order valence-corrected chi connectivity index (χ1v) is 6.41. The molecule has 0 bridgehead atoms. The Morgan fingerprint density at radius 1 is 1.24 bits per heavy atom. The van der Waals surface area contributed by atoms with E-state index in [4.69, 9.17) is 5.73 Å². The molecule has 1 atom stereocenters. The predicted molar refractivity (Wildman–Crippen MR) is 92.4 cm³/mol. The van der Waals surface area contributed by atoms with Gasteiger partial charge in [-0.25, -0.2) is 0 Å². The van der Waals surface area contributed by atoms with E-state index >= 15 is 0 Å². The third-order valence-electron chi connectivity index (χ3n) is 3.25. The third-order valence-corrected chi connectivity index (χ3v) is 3.25. The summed E-state index contributed by atoms with van der Waals surface area (Å²) in [6, 6.07) is 7.15. The van der Waals surface area contributed by atoms with Gasteiger partial charge in [0.2, 0.25) is 5.91 Å². The molecule has 6 heteroatoms. The molecule has 1 amide bonds. The van der Waals surface area contributed by atoms with Gasteiger partial charge in [-0.2, -0.15) is 0 Å². The monoisotopic (exact) mass is 329 g/mol. The van der Waals surface area contributed by atoms with Crippen molar-refractivity contribution in [1.82, 2.24) is 4.98 Å². The van der Waals surface area contributed by atoms with Crippen molar-refractivity contribution in [3.8, 4) is 0 Å². The smallest absolute Gasteiger partial charge is 0.241 e. The molecule has 0 aliphatic heterocycles. The van der Waals surface area contributed by atoms with Crippen LogP contribution in [0, 0.1) is 12.8 Å². The molecular weight excluding hydrogens is 309 g/mol. The zero-order valence-corrected chi connectivity index (χ0v) is 13.9. The summed E-state index contributed by atoms with van der Waals surface area (Å²) in [6.07, 6.45) is 1.75. The van der Waals surface area contributed by atoms with E-state index in [1.165, 1.54) is 0 Å². The molecule has 0 fully saturated rings. The summed E-state index contributed by atoms with van der Waals surface area (Å²) < 4.78 is 0. The minimum absolute atomic E-state index is 0. The van der Waals surface area contributed by atoms with Gasteiger partial charge < -0.3 is 11.1 Å². The number of nitrogens with two attached hydrogens (primary N) is 1. The predicted octanol–water partition coefficient (Wildman–Crippen LogP) is 3.31. The van der Waals surface area contributed by atoms with Crippen LogP contribution in [-0.2, 0) is 4.79 Å². The second-order valence-electron chi connectivity index (χ2n) is 5.09. The minimum atomic E-state index is -0.506. The number of pyridine rings is 1. The Balaban J connectivity index is 0.00000200. The van der Waals surface area contributed by atoms with Crippen LogP contribution in [0.15, 0.2) is 30.5 Å². The van der Waals surface area contributed by atoms with Crippen molar-refractivity contribution in [3.63, 3.8) is 0 Å². The molecule has 0 saturated carbocycles. The van der Waals surface area contributed by atoms with Gasteiger partial charge in [-0.3, -0.25) is 9.78 Å². The molecule has 2 rings (SSSR count). The number of halogens is 2. The van der Waals surface area contributed by atoms with Crippen LogP contribution >= 0.6 is 24.8 Å². The Morgan fingerprint density at radius 3 is 2.52 bits per heavy atom. The second kappa shape index (κ2) is 8.17. The normalized spacial score (nSPS) is 11.5. The van der Waals surface area contributed by atoms with E-state index in [0.29, 0.717) is 0 Å². The van der Waals surface area contributed by atoms with Crippen molar-refractivity contribution in [3.05, 3.63) is 36.0 Å². The number of carbonyl (C=O) groups excluding carboxylic acids is 1. The average molecular weight is 330 g/mol. The molecule has 2 aromatic rings. The van der Waals surface area contributed by atoms with Crippen molar-refractivity contribution >= 4 is 47.3 Å². The Labute approximate surface area is 137 Å². The lowest BCUT2D eigenvalue weighted by atomic mass is 10.0. The molecule has 0 aliphatic carbocycles. The molecule has 116 valence electrons. The van der Waals surface area contributed by atoms with Crippen molar-refractivity contribution < 1.29 is 4.79 Å². The highest BCUT2D eigenvalue weighted by Gasteiger charge is 2.18. The summed E-state index contributed by atoms with van der Waals surface area (Å²) in [4.78, 5) is 16.4. The quantitative estimate of drug-likeness (QED) is 0.907. The largest absolute Gasteiger partial charge is 0.324 e. The van der Waals surface area contributed by atoms with Gasteiger partial charge in [0.25, 0.3) is 0 Å². The fourth-order valence-corrected chi connectivity index (χ4v) is 1.94. The van der Waals surface area contributed by atoms with Gasteiger partial charge in [0.1, 0.15) is 0 Å². The van der Waals surface area contributed by atoms with E-state index in [1.54, 1.807) is 6.20 Å². The van der Waals surface area contributed by atoms with Gasteiger partial charge in [-0.05, 0) is 36.6 Å². The van der Waals surface area contributed by atoms with E-state index in [2.05, 4.69) is 10.3 Å². The molecule has 0 unspecified atom stereocenters. The summed E-state index contributed by atoms with van der Waals surface area (Å²) in [5, 5.41) is 3.83. The van der Waals surface area contributed by atoms with Gasteiger partial charge in [0, 0.05) is 11.6 Å². The summed E-state index contributed by atoms with van der Waals surface area (Å²) in [6.45, 7) is 5.86. The Morgan fingerprint density at radius 2 is 1.90 bits per heavy atom. The number of hydrogen-bond acceptors (Lipinski definition) is 3. The number of nitrogens with one attached hydrogen (secondary N) is 1. The zero-order valence-electron chi connectivity index (χ0n) is 12.3. The molecule has 0 aliphatic rings. The molecule has 1 aromatic carbocycles. The maximum Gasteiger partial charge on any atom is 0.241 e. The summed E-state index contributed by atoms with van der Waals surface area (Å²) in [7, 11) is 0. The standard InChI is InChI=1S/C15H19N3O.2ClH/c1-9(2)13(16)15(19)18-12-7-6-10(3)14-11(12)5-4-8-17-14;;/h4-9,13H,16H2,1-3H3,(H,18,19);2*1H/t13-;;/m1../s1. The van der Waals surface area contributed by atoms with Crippen molar-refractivity contribution in [2.75, 3.05) is 5.32 Å². The first-order valence-electron chi connectivity index (χ1n) is 6.41. The summed E-state index contributed by atoms with van der Waals surface area (Å²) >= 11 is 0. The molecule has 4 nitrogen and oxygen atoms in total. The van der Waals surface area contributed by atoms with Crippen LogP contribution in [-0.4, -0.2) is 16.9 Å². The number of fused-ring (bicyclic) bond motifs is 1. The molecule has 21 heavy (non-hydrogen) atoms. The SMILES string of the molecule is Cc1ccc(NC(=O)[C@H](N)C(C)C)c2cccnc12.Cl.Cl. The zero-order chi connectivity index (χ0) is 14.0. The van der Waals surface area contributed by atoms with E-state index in [0.717, 1.165) is 22.2 Å². The highest BCUT2D eigenvalue weighted by molar-refractivity contribution is 6.03. The van der Waals surface area contributed by atoms with E-state index in [-0.39, 0.29) is 36.6 Å². The third kappa shape index (κ3) is 4.30.